The van der Waals surface area contributed by atoms with Crippen LogP contribution in [-0.2, 0) is 17.9 Å². The molecule has 9 heteroatoms. The SMILES string of the molecule is CN(CC(=O)NCc1ccc(Cl)cc1)c1c(N)n(Cc2ccccc2)c(=O)[nH]c1=O. The van der Waals surface area contributed by atoms with Crippen molar-refractivity contribution in [3.05, 3.63) is 91.6 Å². The lowest BCUT2D eigenvalue weighted by Gasteiger charge is -2.21. The van der Waals surface area contributed by atoms with E-state index in [9.17, 15) is 14.4 Å². The Balaban J connectivity index is 1.74. The summed E-state index contributed by atoms with van der Waals surface area (Å²) in [4.78, 5) is 40.7. The minimum absolute atomic E-state index is 0.000560. The number of benzene rings is 2. The molecule has 2 aromatic carbocycles. The number of rotatable bonds is 7. The molecule has 0 radical (unpaired) electrons. The third-order valence-corrected chi connectivity index (χ3v) is 4.82. The predicted octanol–water partition coefficient (Wildman–Crippen LogP) is 1.57. The van der Waals surface area contributed by atoms with Crippen molar-refractivity contribution in [2.75, 3.05) is 24.2 Å². The fraction of sp³-hybridized carbons (Fsp3) is 0.190. The van der Waals surface area contributed by atoms with Gasteiger partial charge in [-0.15, -0.1) is 0 Å². The topological polar surface area (TPSA) is 113 Å². The van der Waals surface area contributed by atoms with Crippen LogP contribution < -0.4 is 27.2 Å². The van der Waals surface area contributed by atoms with Crippen LogP contribution in [0.4, 0.5) is 11.5 Å². The van der Waals surface area contributed by atoms with Crippen LogP contribution in [0.15, 0.2) is 64.2 Å². The first-order valence-electron chi connectivity index (χ1n) is 9.24. The van der Waals surface area contributed by atoms with E-state index in [1.807, 2.05) is 42.5 Å². The van der Waals surface area contributed by atoms with Crippen LogP contribution in [0.2, 0.25) is 5.02 Å². The summed E-state index contributed by atoms with van der Waals surface area (Å²) in [6.07, 6.45) is 0. The van der Waals surface area contributed by atoms with E-state index < -0.39 is 11.2 Å². The highest BCUT2D eigenvalue weighted by atomic mass is 35.5. The first-order valence-corrected chi connectivity index (χ1v) is 9.61. The Morgan fingerprint density at radius 3 is 2.43 bits per heavy atom. The zero-order chi connectivity index (χ0) is 21.7. The molecule has 0 spiro atoms. The number of nitrogens with one attached hydrogen (secondary N) is 2. The molecule has 3 rings (SSSR count). The lowest BCUT2D eigenvalue weighted by Crippen LogP contribution is -2.41. The van der Waals surface area contributed by atoms with E-state index in [2.05, 4.69) is 10.3 Å². The number of hydrogen-bond acceptors (Lipinski definition) is 5. The second-order valence-corrected chi connectivity index (χ2v) is 7.26. The second-order valence-electron chi connectivity index (χ2n) is 6.82. The summed E-state index contributed by atoms with van der Waals surface area (Å²) < 4.78 is 1.27. The molecular weight excluding hydrogens is 406 g/mol. The monoisotopic (exact) mass is 427 g/mol. The first kappa shape index (κ1) is 21.2. The third-order valence-electron chi connectivity index (χ3n) is 4.56. The van der Waals surface area contributed by atoms with Crippen LogP contribution in [-0.4, -0.2) is 29.1 Å². The molecule has 8 nitrogen and oxygen atoms in total. The second kappa shape index (κ2) is 9.32. The van der Waals surface area contributed by atoms with Gasteiger partial charge in [-0.3, -0.25) is 19.1 Å². The van der Waals surface area contributed by atoms with E-state index in [-0.39, 0.29) is 30.5 Å². The van der Waals surface area contributed by atoms with Crippen molar-refractivity contribution in [2.45, 2.75) is 13.1 Å². The van der Waals surface area contributed by atoms with Gasteiger partial charge in [-0.25, -0.2) is 4.79 Å². The molecular formula is C21H22ClN5O3. The van der Waals surface area contributed by atoms with E-state index in [0.717, 1.165) is 11.1 Å². The largest absolute Gasteiger partial charge is 0.383 e. The molecule has 30 heavy (non-hydrogen) atoms. The Morgan fingerprint density at radius 2 is 1.77 bits per heavy atom. The van der Waals surface area contributed by atoms with E-state index >= 15 is 0 Å². The standard InChI is InChI=1S/C21H22ClN5O3/c1-26(13-17(28)24-11-14-7-9-16(22)10-8-14)18-19(23)27(21(30)25-20(18)29)12-15-5-3-2-4-6-15/h2-10H,11-13,23H2,1H3,(H,24,28)(H,25,29,30). The summed E-state index contributed by atoms with van der Waals surface area (Å²) in [7, 11) is 1.57. The molecule has 1 amide bonds. The number of aromatic amines is 1. The Hall–Kier alpha value is -3.52. The summed E-state index contributed by atoms with van der Waals surface area (Å²) >= 11 is 5.85. The Morgan fingerprint density at radius 1 is 1.10 bits per heavy atom. The van der Waals surface area contributed by atoms with Crippen molar-refractivity contribution in [2.24, 2.45) is 0 Å². The molecule has 0 aliphatic carbocycles. The van der Waals surface area contributed by atoms with Crippen LogP contribution in [0.5, 0.6) is 0 Å². The Kier molecular flexibility index (Phi) is 6.58. The van der Waals surface area contributed by atoms with Crippen LogP contribution in [0.25, 0.3) is 0 Å². The van der Waals surface area contributed by atoms with Gasteiger partial charge >= 0.3 is 5.69 Å². The third kappa shape index (κ3) is 5.09. The molecule has 0 saturated heterocycles. The van der Waals surface area contributed by atoms with E-state index in [1.165, 1.54) is 9.47 Å². The van der Waals surface area contributed by atoms with Crippen LogP contribution >= 0.6 is 11.6 Å². The Labute approximate surface area is 177 Å². The normalized spacial score (nSPS) is 10.6. The van der Waals surface area contributed by atoms with Gasteiger partial charge in [0.1, 0.15) is 11.5 Å². The quantitative estimate of drug-likeness (QED) is 0.529. The molecule has 0 fully saturated rings. The van der Waals surface area contributed by atoms with Crippen LogP contribution in [0, 0.1) is 0 Å². The van der Waals surface area contributed by atoms with Crippen molar-refractivity contribution in [3.8, 4) is 0 Å². The highest BCUT2D eigenvalue weighted by Crippen LogP contribution is 2.16. The molecule has 4 N–H and O–H groups in total. The van der Waals surface area contributed by atoms with Crippen molar-refractivity contribution in [1.82, 2.24) is 14.9 Å². The van der Waals surface area contributed by atoms with Crippen molar-refractivity contribution < 1.29 is 4.79 Å². The number of nitrogens with two attached hydrogens (primary N) is 1. The Bertz CT molecular complexity index is 1140. The molecule has 3 aromatic rings. The van der Waals surface area contributed by atoms with Gasteiger partial charge < -0.3 is 16.0 Å². The maximum Gasteiger partial charge on any atom is 0.330 e. The van der Waals surface area contributed by atoms with E-state index in [0.29, 0.717) is 11.6 Å². The average Bonchev–Trinajstić information content (AvgIpc) is 2.71. The molecule has 1 aromatic heterocycles. The molecule has 0 bridgehead atoms. The number of H-pyrrole nitrogens is 1. The van der Waals surface area contributed by atoms with Gasteiger partial charge in [0.05, 0.1) is 13.1 Å². The number of likely N-dealkylation sites (N-methyl/N-ethyl adjacent to an activating group) is 1. The molecule has 0 aliphatic heterocycles. The van der Waals surface area contributed by atoms with Crippen molar-refractivity contribution >= 4 is 29.0 Å². The van der Waals surface area contributed by atoms with Gasteiger partial charge in [0, 0.05) is 18.6 Å². The number of hydrogen-bond donors (Lipinski definition) is 3. The summed E-state index contributed by atoms with van der Waals surface area (Å²) in [5.74, 6) is -0.298. The molecule has 0 atom stereocenters. The zero-order valence-electron chi connectivity index (χ0n) is 16.4. The number of carbonyl (C=O) groups is 1. The smallest absolute Gasteiger partial charge is 0.330 e. The zero-order valence-corrected chi connectivity index (χ0v) is 17.1. The van der Waals surface area contributed by atoms with E-state index in [4.69, 9.17) is 17.3 Å². The summed E-state index contributed by atoms with van der Waals surface area (Å²) in [6, 6.07) is 16.4. The molecule has 0 aliphatic rings. The predicted molar refractivity (Wildman–Crippen MR) is 118 cm³/mol. The van der Waals surface area contributed by atoms with Gasteiger partial charge in [0.2, 0.25) is 5.91 Å². The van der Waals surface area contributed by atoms with E-state index in [1.54, 1.807) is 19.2 Å². The fourth-order valence-electron chi connectivity index (χ4n) is 3.02. The highest BCUT2D eigenvalue weighted by Gasteiger charge is 2.18. The van der Waals surface area contributed by atoms with Crippen LogP contribution in [0.3, 0.4) is 0 Å². The summed E-state index contributed by atoms with van der Waals surface area (Å²) in [5, 5.41) is 3.39. The average molecular weight is 428 g/mol. The number of carbonyl (C=O) groups excluding carboxylic acids is 1. The molecule has 0 saturated carbocycles. The summed E-state index contributed by atoms with van der Waals surface area (Å²) in [5.41, 5.74) is 6.71. The number of aromatic nitrogens is 2. The number of anilines is 2. The number of nitrogen functional groups attached to an aromatic ring is 1. The maximum absolute atomic E-state index is 12.4. The maximum atomic E-state index is 12.4. The van der Waals surface area contributed by atoms with Gasteiger partial charge in [0.25, 0.3) is 5.56 Å². The highest BCUT2D eigenvalue weighted by molar-refractivity contribution is 6.30. The first-order chi connectivity index (χ1) is 14.3. The minimum atomic E-state index is -0.644. The van der Waals surface area contributed by atoms with Gasteiger partial charge in [-0.05, 0) is 23.3 Å². The van der Waals surface area contributed by atoms with Gasteiger partial charge in [-0.1, -0.05) is 54.1 Å². The lowest BCUT2D eigenvalue weighted by atomic mass is 10.2. The molecule has 0 unspecified atom stereocenters. The molecule has 1 heterocycles. The van der Waals surface area contributed by atoms with Gasteiger partial charge in [0.15, 0.2) is 0 Å². The molecule has 156 valence electrons. The fourth-order valence-corrected chi connectivity index (χ4v) is 3.15. The van der Waals surface area contributed by atoms with Gasteiger partial charge in [-0.2, -0.15) is 0 Å². The number of nitrogens with zero attached hydrogens (tertiary/aromatic N) is 2. The van der Waals surface area contributed by atoms with Crippen LogP contribution in [0.1, 0.15) is 11.1 Å². The van der Waals surface area contributed by atoms with Crippen molar-refractivity contribution in [1.29, 1.82) is 0 Å². The number of halogens is 1. The summed E-state index contributed by atoms with van der Waals surface area (Å²) in [6.45, 7) is 0.416. The number of amides is 1. The lowest BCUT2D eigenvalue weighted by molar-refractivity contribution is -0.119. The minimum Gasteiger partial charge on any atom is -0.383 e. The van der Waals surface area contributed by atoms with Crippen molar-refractivity contribution in [3.63, 3.8) is 0 Å².